The van der Waals surface area contributed by atoms with E-state index in [1.807, 2.05) is 6.92 Å². The Morgan fingerprint density at radius 3 is 2.72 bits per heavy atom. The molecule has 0 bridgehead atoms. The van der Waals surface area contributed by atoms with Gasteiger partial charge in [-0.1, -0.05) is 24.6 Å². The number of nitrogens with one attached hydrogen (secondary N) is 1. The van der Waals surface area contributed by atoms with Crippen molar-refractivity contribution in [3.8, 4) is 5.75 Å². The Morgan fingerprint density at radius 1 is 1.20 bits per heavy atom. The predicted molar refractivity (Wildman–Crippen MR) is 100 cm³/mol. The van der Waals surface area contributed by atoms with Crippen molar-refractivity contribution < 1.29 is 19.1 Å². The van der Waals surface area contributed by atoms with E-state index in [9.17, 15) is 9.59 Å². The van der Waals surface area contributed by atoms with E-state index < -0.39 is 5.97 Å². The Bertz CT molecular complexity index is 766. The van der Waals surface area contributed by atoms with Gasteiger partial charge in [0.2, 0.25) is 0 Å². The first-order valence-corrected chi connectivity index (χ1v) is 8.81. The van der Waals surface area contributed by atoms with Crippen molar-refractivity contribution in [2.45, 2.75) is 13.3 Å². The second-order valence-electron chi connectivity index (χ2n) is 5.13. The number of carbonyl (C=O) groups is 2. The first-order valence-electron chi connectivity index (χ1n) is 7.64. The fourth-order valence-electron chi connectivity index (χ4n) is 1.93. The summed E-state index contributed by atoms with van der Waals surface area (Å²) in [5, 5.41) is 3.25. The van der Waals surface area contributed by atoms with Gasteiger partial charge in [-0.2, -0.15) is 0 Å². The molecule has 0 atom stereocenters. The van der Waals surface area contributed by atoms with Crippen LogP contribution in [0.4, 0.5) is 5.69 Å². The van der Waals surface area contributed by atoms with E-state index in [1.54, 1.807) is 42.5 Å². The third kappa shape index (κ3) is 6.07. The number of amides is 1. The molecule has 0 fully saturated rings. The predicted octanol–water partition coefficient (Wildman–Crippen LogP) is 4.69. The van der Waals surface area contributed by atoms with Crippen molar-refractivity contribution >= 4 is 45.1 Å². The number of ether oxygens (including phenoxy) is 2. The van der Waals surface area contributed by atoms with Crippen molar-refractivity contribution in [1.82, 2.24) is 0 Å². The molecule has 0 spiro atoms. The molecule has 1 N–H and O–H groups in total. The number of hydrogen-bond donors (Lipinski definition) is 1. The maximum absolute atomic E-state index is 12.0. The minimum absolute atomic E-state index is 0.176. The fourth-order valence-corrected chi connectivity index (χ4v) is 2.73. The Kier molecular flexibility index (Phi) is 7.28. The number of esters is 1. The van der Waals surface area contributed by atoms with E-state index in [-0.39, 0.29) is 12.5 Å². The molecule has 1 amide bonds. The van der Waals surface area contributed by atoms with Gasteiger partial charge in [-0.25, -0.2) is 4.79 Å². The van der Waals surface area contributed by atoms with Crippen LogP contribution in [-0.2, 0) is 9.53 Å². The molecular formula is C18H17BrClNO4. The highest BCUT2D eigenvalue weighted by Crippen LogP contribution is 2.27. The molecule has 0 aliphatic rings. The molecule has 25 heavy (non-hydrogen) atoms. The first-order chi connectivity index (χ1) is 12.0. The molecule has 0 aromatic heterocycles. The molecular weight excluding hydrogens is 410 g/mol. The van der Waals surface area contributed by atoms with Gasteiger partial charge in [-0.05, 0) is 58.7 Å². The van der Waals surface area contributed by atoms with Crippen LogP contribution < -0.4 is 10.1 Å². The van der Waals surface area contributed by atoms with Gasteiger partial charge in [-0.15, -0.1) is 0 Å². The monoisotopic (exact) mass is 425 g/mol. The molecule has 0 radical (unpaired) electrons. The summed E-state index contributed by atoms with van der Waals surface area (Å²) < 4.78 is 11.2. The summed E-state index contributed by atoms with van der Waals surface area (Å²) in [6, 6.07) is 11.6. The molecule has 0 saturated carbocycles. The van der Waals surface area contributed by atoms with Gasteiger partial charge < -0.3 is 14.8 Å². The molecule has 0 aliphatic carbocycles. The minimum atomic E-state index is -0.417. The molecule has 0 saturated heterocycles. The second-order valence-corrected chi connectivity index (χ2v) is 6.42. The van der Waals surface area contributed by atoms with E-state index in [4.69, 9.17) is 21.1 Å². The third-order valence-electron chi connectivity index (χ3n) is 3.07. The number of anilines is 1. The van der Waals surface area contributed by atoms with Crippen LogP contribution in [0.25, 0.3) is 0 Å². The SMILES string of the molecule is CCCOC(=O)c1cccc(NC(=O)COc2ccc(Cl)cc2Br)c1. The highest BCUT2D eigenvalue weighted by atomic mass is 79.9. The van der Waals surface area contributed by atoms with E-state index in [0.29, 0.717) is 33.1 Å². The highest BCUT2D eigenvalue weighted by molar-refractivity contribution is 9.10. The van der Waals surface area contributed by atoms with Gasteiger partial charge in [0.1, 0.15) is 5.75 Å². The summed E-state index contributed by atoms with van der Waals surface area (Å²) in [6.45, 7) is 2.10. The minimum Gasteiger partial charge on any atom is -0.483 e. The Hall–Kier alpha value is -2.05. The lowest BCUT2D eigenvalue weighted by molar-refractivity contribution is -0.118. The van der Waals surface area contributed by atoms with Gasteiger partial charge in [0.05, 0.1) is 16.6 Å². The molecule has 0 aliphatic heterocycles. The van der Waals surface area contributed by atoms with E-state index >= 15 is 0 Å². The third-order valence-corrected chi connectivity index (χ3v) is 3.93. The zero-order valence-electron chi connectivity index (χ0n) is 13.6. The summed E-state index contributed by atoms with van der Waals surface area (Å²) in [4.78, 5) is 23.9. The highest BCUT2D eigenvalue weighted by Gasteiger charge is 2.10. The van der Waals surface area contributed by atoms with Crippen LogP contribution in [0.3, 0.4) is 0 Å². The van der Waals surface area contributed by atoms with Gasteiger partial charge in [0.25, 0.3) is 5.91 Å². The van der Waals surface area contributed by atoms with Crippen LogP contribution in [-0.4, -0.2) is 25.1 Å². The number of rotatable bonds is 7. The van der Waals surface area contributed by atoms with Crippen LogP contribution >= 0.6 is 27.5 Å². The molecule has 0 unspecified atom stereocenters. The second kappa shape index (κ2) is 9.44. The number of hydrogen-bond acceptors (Lipinski definition) is 4. The maximum atomic E-state index is 12.0. The van der Waals surface area contributed by atoms with E-state index in [2.05, 4.69) is 21.2 Å². The normalized spacial score (nSPS) is 10.2. The average molecular weight is 427 g/mol. The van der Waals surface area contributed by atoms with Gasteiger partial charge in [-0.3, -0.25) is 4.79 Å². The van der Waals surface area contributed by atoms with Crippen LogP contribution in [0.15, 0.2) is 46.9 Å². The number of carbonyl (C=O) groups excluding carboxylic acids is 2. The Labute approximate surface area is 159 Å². The van der Waals surface area contributed by atoms with Crippen LogP contribution in [0, 0.1) is 0 Å². The average Bonchev–Trinajstić information content (AvgIpc) is 2.59. The summed E-state index contributed by atoms with van der Waals surface area (Å²) in [5.41, 5.74) is 0.877. The van der Waals surface area contributed by atoms with Crippen LogP contribution in [0.1, 0.15) is 23.7 Å². The quantitative estimate of drug-likeness (QED) is 0.653. The zero-order chi connectivity index (χ0) is 18.2. The molecule has 132 valence electrons. The van der Waals surface area contributed by atoms with Crippen molar-refractivity contribution in [3.05, 3.63) is 57.5 Å². The summed E-state index contributed by atoms with van der Waals surface area (Å²) in [7, 11) is 0. The molecule has 5 nitrogen and oxygen atoms in total. The lowest BCUT2D eigenvalue weighted by atomic mass is 10.2. The Morgan fingerprint density at radius 2 is 2.00 bits per heavy atom. The molecule has 2 rings (SSSR count). The van der Waals surface area contributed by atoms with Gasteiger partial charge in [0, 0.05) is 10.7 Å². The van der Waals surface area contributed by atoms with Crippen LogP contribution in [0.5, 0.6) is 5.75 Å². The van der Waals surface area contributed by atoms with Gasteiger partial charge >= 0.3 is 5.97 Å². The van der Waals surface area contributed by atoms with Crippen molar-refractivity contribution in [1.29, 1.82) is 0 Å². The van der Waals surface area contributed by atoms with Crippen LogP contribution in [0.2, 0.25) is 5.02 Å². The molecule has 2 aromatic carbocycles. The smallest absolute Gasteiger partial charge is 0.338 e. The maximum Gasteiger partial charge on any atom is 0.338 e. The standard InChI is InChI=1S/C18H17BrClNO4/c1-2-8-24-18(23)12-4-3-5-14(9-12)21-17(22)11-25-16-7-6-13(20)10-15(16)19/h3-7,9-10H,2,8,11H2,1H3,(H,21,22). The summed E-state index contributed by atoms with van der Waals surface area (Å²) in [5.74, 6) is -0.253. The lowest BCUT2D eigenvalue weighted by Gasteiger charge is -2.10. The summed E-state index contributed by atoms with van der Waals surface area (Å²) in [6.07, 6.45) is 0.750. The molecule has 2 aromatic rings. The largest absolute Gasteiger partial charge is 0.483 e. The molecule has 7 heteroatoms. The van der Waals surface area contributed by atoms with Crippen molar-refractivity contribution in [3.63, 3.8) is 0 Å². The topological polar surface area (TPSA) is 64.6 Å². The number of benzene rings is 2. The van der Waals surface area contributed by atoms with Crippen molar-refractivity contribution in [2.24, 2.45) is 0 Å². The lowest BCUT2D eigenvalue weighted by Crippen LogP contribution is -2.20. The number of halogens is 2. The Balaban J connectivity index is 1.93. The molecule has 0 heterocycles. The van der Waals surface area contributed by atoms with E-state index in [0.717, 1.165) is 6.42 Å². The van der Waals surface area contributed by atoms with E-state index in [1.165, 1.54) is 0 Å². The van der Waals surface area contributed by atoms with Crippen molar-refractivity contribution in [2.75, 3.05) is 18.5 Å². The van der Waals surface area contributed by atoms with Gasteiger partial charge in [0.15, 0.2) is 6.61 Å². The zero-order valence-corrected chi connectivity index (χ0v) is 15.9. The fraction of sp³-hybridized carbons (Fsp3) is 0.222. The first kappa shape index (κ1) is 19.3. The summed E-state index contributed by atoms with van der Waals surface area (Å²) >= 11 is 9.17.